The van der Waals surface area contributed by atoms with E-state index in [9.17, 15) is 4.79 Å². The third-order valence-electron chi connectivity index (χ3n) is 2.01. The summed E-state index contributed by atoms with van der Waals surface area (Å²) >= 11 is 0. The van der Waals surface area contributed by atoms with Gasteiger partial charge >= 0.3 is 0 Å². The van der Waals surface area contributed by atoms with Crippen molar-refractivity contribution in [2.45, 2.75) is 58.3 Å². The number of hydrogen-bond acceptors (Lipinski definition) is 1. The summed E-state index contributed by atoms with van der Waals surface area (Å²) in [7, 11) is 0. The van der Waals surface area contributed by atoms with Gasteiger partial charge in [-0.15, -0.1) is 0 Å². The topological polar surface area (TPSA) is 40.9 Å². The number of rotatable bonds is 8. The molecule has 0 rings (SSSR count). The summed E-state index contributed by atoms with van der Waals surface area (Å²) in [6.45, 7) is 2.21. The van der Waals surface area contributed by atoms with Gasteiger partial charge in [0.25, 0.3) is 0 Å². The predicted octanol–water partition coefficient (Wildman–Crippen LogP) is 3.70. The van der Waals surface area contributed by atoms with E-state index in [4.69, 9.17) is 5.73 Å². The molecule has 0 heterocycles. The first-order valence-corrected chi connectivity index (χ1v) is 5.01. The summed E-state index contributed by atoms with van der Waals surface area (Å²) in [5.74, 6) is -0.413. The average Bonchev–Trinajstić information content (AvgIpc) is 2.02. The Morgan fingerprint density at radius 3 is 1.92 bits per heavy atom. The van der Waals surface area contributed by atoms with Crippen LogP contribution in [0.3, 0.4) is 0 Å². The molecule has 0 aliphatic rings. The summed E-state index contributed by atoms with van der Waals surface area (Å²) in [6.07, 6.45) is 8.94. The standard InChI is InChI=1S/C10H21NO.Ti/c1-2-3-4-5-6-7-8-9-10(11)12;/h2-9H2,1H3,(H2,11,12);/p-1. The second-order valence-corrected chi connectivity index (χ2v) is 3.29. The van der Waals surface area contributed by atoms with Crippen LogP contribution in [0.15, 0.2) is 0 Å². The van der Waals surface area contributed by atoms with Crippen molar-refractivity contribution in [1.29, 1.82) is 0 Å². The Bertz CT molecular complexity index is 117. The van der Waals surface area contributed by atoms with Crippen LogP contribution in [-0.4, -0.2) is 5.91 Å². The predicted molar refractivity (Wildman–Crippen MR) is 51.9 cm³/mol. The summed E-state index contributed by atoms with van der Waals surface area (Å²) in [4.78, 5) is 10.2. The van der Waals surface area contributed by atoms with E-state index in [0.29, 0.717) is 6.42 Å². The quantitative estimate of drug-likeness (QED) is 0.452. The molecular weight excluding hydrogens is 198 g/mol. The van der Waals surface area contributed by atoms with Crippen LogP contribution in [0, 0.1) is 0 Å². The second-order valence-electron chi connectivity index (χ2n) is 3.29. The maximum absolute atomic E-state index is 10.2. The molecule has 0 saturated heterocycles. The Kier molecular flexibility index (Phi) is 14.7. The molecule has 1 N–H and O–H groups in total. The Morgan fingerprint density at radius 1 is 1.00 bits per heavy atom. The maximum Gasteiger partial charge on any atom is 0.0487 e. The first-order valence-electron chi connectivity index (χ1n) is 5.01. The van der Waals surface area contributed by atoms with Gasteiger partial charge in [0.15, 0.2) is 0 Å². The van der Waals surface area contributed by atoms with Crippen LogP contribution >= 0.6 is 0 Å². The fourth-order valence-corrected chi connectivity index (χ4v) is 1.24. The van der Waals surface area contributed by atoms with Crippen molar-refractivity contribution in [2.24, 2.45) is 0 Å². The van der Waals surface area contributed by atoms with E-state index in [1.807, 2.05) is 0 Å². The Balaban J connectivity index is 0. The largest absolute Gasteiger partial charge is 0.668 e. The molecule has 0 atom stereocenters. The summed E-state index contributed by atoms with van der Waals surface area (Å²) < 4.78 is 0. The SMILES string of the molecule is CCCCCCCCCC([NH-])=O.[Ti]. The Hall–Kier alpha value is 0.184. The molecule has 0 aliphatic carbocycles. The normalized spacial score (nSPS) is 9.31. The van der Waals surface area contributed by atoms with Gasteiger partial charge in [0.1, 0.15) is 0 Å². The van der Waals surface area contributed by atoms with E-state index in [1.165, 1.54) is 32.1 Å². The molecule has 0 aromatic rings. The van der Waals surface area contributed by atoms with Crippen LogP contribution in [0.5, 0.6) is 0 Å². The molecule has 76 valence electrons. The zero-order chi connectivity index (χ0) is 9.23. The van der Waals surface area contributed by atoms with E-state index in [0.717, 1.165) is 12.8 Å². The zero-order valence-corrected chi connectivity index (χ0v) is 10.1. The summed E-state index contributed by atoms with van der Waals surface area (Å²) in [5, 5.41) is 0. The van der Waals surface area contributed by atoms with Crippen molar-refractivity contribution in [2.75, 3.05) is 0 Å². The fraction of sp³-hybridized carbons (Fsp3) is 0.900. The minimum atomic E-state index is -0.413. The molecule has 0 radical (unpaired) electrons. The van der Waals surface area contributed by atoms with Crippen molar-refractivity contribution in [3.8, 4) is 0 Å². The molecule has 3 heteroatoms. The summed E-state index contributed by atoms with van der Waals surface area (Å²) in [6, 6.07) is 0. The Labute approximate surface area is 96.5 Å². The number of hydrogen-bond donors (Lipinski definition) is 0. The van der Waals surface area contributed by atoms with E-state index < -0.39 is 5.91 Å². The van der Waals surface area contributed by atoms with Gasteiger partial charge in [-0.25, -0.2) is 0 Å². The van der Waals surface area contributed by atoms with Crippen molar-refractivity contribution in [1.82, 2.24) is 0 Å². The first-order chi connectivity index (χ1) is 5.77. The number of carbonyl (C=O) groups is 1. The molecule has 13 heavy (non-hydrogen) atoms. The van der Waals surface area contributed by atoms with Crippen molar-refractivity contribution in [3.63, 3.8) is 0 Å². The van der Waals surface area contributed by atoms with Crippen molar-refractivity contribution < 1.29 is 26.5 Å². The van der Waals surface area contributed by atoms with E-state index in [2.05, 4.69) is 6.92 Å². The molecule has 0 unspecified atom stereocenters. The van der Waals surface area contributed by atoms with Gasteiger partial charge in [-0.1, -0.05) is 45.4 Å². The fourth-order valence-electron chi connectivity index (χ4n) is 1.24. The van der Waals surface area contributed by atoms with E-state index in [1.54, 1.807) is 0 Å². The molecule has 0 saturated carbocycles. The molecule has 0 fully saturated rings. The smallest absolute Gasteiger partial charge is 0.0487 e. The summed E-state index contributed by atoms with van der Waals surface area (Å²) in [5.41, 5.74) is 6.69. The molecule has 0 spiro atoms. The van der Waals surface area contributed by atoms with E-state index in [-0.39, 0.29) is 21.7 Å². The van der Waals surface area contributed by atoms with Gasteiger partial charge in [-0.3, -0.25) is 0 Å². The molecule has 0 aliphatic heterocycles. The maximum atomic E-state index is 10.2. The number of amides is 1. The van der Waals surface area contributed by atoms with E-state index >= 15 is 0 Å². The van der Waals surface area contributed by atoms with Gasteiger partial charge < -0.3 is 10.5 Å². The van der Waals surface area contributed by atoms with Gasteiger partial charge in [0.05, 0.1) is 0 Å². The van der Waals surface area contributed by atoms with Crippen molar-refractivity contribution >= 4 is 5.91 Å². The molecule has 1 amide bonds. The van der Waals surface area contributed by atoms with Crippen LogP contribution in [0.25, 0.3) is 5.73 Å². The number of nitrogens with one attached hydrogen (secondary N) is 1. The third-order valence-corrected chi connectivity index (χ3v) is 2.01. The third kappa shape index (κ3) is 15.0. The minimum Gasteiger partial charge on any atom is -0.668 e. The second kappa shape index (κ2) is 12.2. The minimum absolute atomic E-state index is 0. The first kappa shape index (κ1) is 15.6. The van der Waals surface area contributed by atoms with Crippen LogP contribution in [0.2, 0.25) is 0 Å². The monoisotopic (exact) mass is 218 g/mol. The Morgan fingerprint density at radius 2 is 1.46 bits per heavy atom. The van der Waals surface area contributed by atoms with Gasteiger partial charge in [-0.05, 0) is 12.8 Å². The van der Waals surface area contributed by atoms with Gasteiger partial charge in [0, 0.05) is 27.6 Å². The van der Waals surface area contributed by atoms with Crippen LogP contribution < -0.4 is 0 Å². The number of carbonyl (C=O) groups excluding carboxylic acids is 1. The van der Waals surface area contributed by atoms with Gasteiger partial charge in [-0.2, -0.15) is 0 Å². The number of unbranched alkanes of at least 4 members (excludes halogenated alkanes) is 6. The average molecular weight is 218 g/mol. The van der Waals surface area contributed by atoms with Gasteiger partial charge in [0.2, 0.25) is 0 Å². The molecule has 0 aromatic carbocycles. The zero-order valence-electron chi connectivity index (χ0n) is 8.57. The van der Waals surface area contributed by atoms with Crippen molar-refractivity contribution in [3.05, 3.63) is 5.73 Å². The molecule has 0 aromatic heterocycles. The van der Waals surface area contributed by atoms with Crippen LogP contribution in [0.1, 0.15) is 58.3 Å². The molecule has 2 nitrogen and oxygen atoms in total. The van der Waals surface area contributed by atoms with Crippen LogP contribution in [-0.2, 0) is 26.5 Å². The van der Waals surface area contributed by atoms with Crippen LogP contribution in [0.4, 0.5) is 0 Å². The molecular formula is C10H20NOTi-. The molecule has 0 bridgehead atoms.